The van der Waals surface area contributed by atoms with Gasteiger partial charge in [-0.1, -0.05) is 48.5 Å². The quantitative estimate of drug-likeness (QED) is 0.314. The number of carbonyl (C=O) groups excluding carboxylic acids is 2. The molecule has 0 aliphatic rings. The number of hydrogen-bond acceptors (Lipinski definition) is 6. The van der Waals surface area contributed by atoms with Crippen molar-refractivity contribution in [3.63, 3.8) is 0 Å². The molecule has 5 rings (SSSR count). The lowest BCUT2D eigenvalue weighted by atomic mass is 10.1. The van der Waals surface area contributed by atoms with Crippen LogP contribution in [-0.2, 0) is 25.9 Å². The minimum absolute atomic E-state index is 0.0615. The first-order valence-corrected chi connectivity index (χ1v) is 11.4. The summed E-state index contributed by atoms with van der Waals surface area (Å²) >= 11 is 0. The smallest absolute Gasteiger partial charge is 0.261 e. The second kappa shape index (κ2) is 9.14. The largest absolute Gasteiger partial charge is 0.298 e. The fourth-order valence-corrected chi connectivity index (χ4v) is 4.70. The van der Waals surface area contributed by atoms with E-state index in [0.29, 0.717) is 35.1 Å². The third-order valence-electron chi connectivity index (χ3n) is 6.63. The molecule has 8 heteroatoms. The van der Waals surface area contributed by atoms with Gasteiger partial charge in [-0.25, -0.2) is 0 Å². The highest BCUT2D eigenvalue weighted by molar-refractivity contribution is 5.97. The molecule has 0 amide bonds. The number of hydrogen-bond donors (Lipinski definition) is 0. The molecule has 0 saturated carbocycles. The van der Waals surface area contributed by atoms with Crippen molar-refractivity contribution in [2.75, 3.05) is 0 Å². The molecule has 0 unspecified atom stereocenters. The average molecular weight is 480 g/mol. The molecular weight excluding hydrogens is 460 g/mol. The molecule has 178 valence electrons. The molecule has 0 atom stereocenters. The Hall–Kier alpha value is -4.72. The molecule has 2 heterocycles. The Kier molecular flexibility index (Phi) is 5.85. The molecule has 36 heavy (non-hydrogen) atoms. The third-order valence-corrected chi connectivity index (χ3v) is 6.63. The second-order valence-corrected chi connectivity index (χ2v) is 8.60. The van der Waals surface area contributed by atoms with Gasteiger partial charge >= 0.3 is 0 Å². The molecule has 5 aromatic rings. The minimum atomic E-state index is -0.542. The van der Waals surface area contributed by atoms with Crippen LogP contribution in [-0.4, -0.2) is 21.7 Å². The molecule has 0 aliphatic carbocycles. The van der Waals surface area contributed by atoms with Crippen molar-refractivity contribution in [3.8, 4) is 0 Å². The summed E-state index contributed by atoms with van der Waals surface area (Å²) < 4.78 is 2.15. The number of nitrogens with zero attached hydrogens (tertiary/aromatic N) is 2. The number of carbonyl (C=O) groups is 2. The van der Waals surface area contributed by atoms with Crippen molar-refractivity contribution >= 4 is 34.1 Å². The van der Waals surface area contributed by atoms with E-state index in [2.05, 4.69) is 0 Å². The van der Waals surface area contributed by atoms with Gasteiger partial charge in [0, 0.05) is 24.2 Å². The molecule has 2 aromatic heterocycles. The molecule has 0 bridgehead atoms. The fourth-order valence-electron chi connectivity index (χ4n) is 4.70. The van der Waals surface area contributed by atoms with E-state index in [0.717, 1.165) is 21.7 Å². The van der Waals surface area contributed by atoms with Gasteiger partial charge < -0.3 is 0 Å². The fraction of sp³-hybridized carbons (Fsp3) is 0.143. The van der Waals surface area contributed by atoms with Crippen molar-refractivity contribution in [3.05, 3.63) is 124 Å². The summed E-state index contributed by atoms with van der Waals surface area (Å²) in [6, 6.07) is 16.5. The normalized spacial score (nSPS) is 11.3. The number of rotatable bonds is 8. The van der Waals surface area contributed by atoms with E-state index in [9.17, 15) is 28.8 Å². The van der Waals surface area contributed by atoms with Gasteiger partial charge in [0.2, 0.25) is 0 Å². The van der Waals surface area contributed by atoms with Crippen LogP contribution in [0.1, 0.15) is 31.8 Å². The monoisotopic (exact) mass is 480 g/mol. The highest BCUT2D eigenvalue weighted by Crippen LogP contribution is 2.16. The van der Waals surface area contributed by atoms with Gasteiger partial charge in [0.1, 0.15) is 12.6 Å². The maximum absolute atomic E-state index is 13.0. The molecule has 8 nitrogen and oxygen atoms in total. The summed E-state index contributed by atoms with van der Waals surface area (Å²) in [5, 5.41) is 0.321. The first kappa shape index (κ1) is 23.0. The van der Waals surface area contributed by atoms with Crippen LogP contribution in [0.3, 0.4) is 0 Å². The zero-order valence-electron chi connectivity index (χ0n) is 19.1. The standard InChI is InChI=1S/C28H20N2O6/c31-15-19-7-3-1-5-17(19)9-11-29-25(33)21-13-23-24(14-22(21)26(29)34)28(36)30(27(23)35)12-10-18-6-2-4-8-20(18)16-32/h1-8,13-16H,9-12H2. The van der Waals surface area contributed by atoms with Gasteiger partial charge in [-0.05, 0) is 36.1 Å². The van der Waals surface area contributed by atoms with Gasteiger partial charge in [-0.15, -0.1) is 0 Å². The third kappa shape index (κ3) is 3.73. The summed E-state index contributed by atoms with van der Waals surface area (Å²) in [6.07, 6.45) is 2.05. The minimum Gasteiger partial charge on any atom is -0.298 e. The highest BCUT2D eigenvalue weighted by atomic mass is 16.2. The van der Waals surface area contributed by atoms with Crippen molar-refractivity contribution in [2.45, 2.75) is 25.9 Å². The molecule has 3 aromatic carbocycles. The molecule has 0 aliphatic heterocycles. The van der Waals surface area contributed by atoms with Crippen LogP contribution in [0.15, 0.2) is 79.8 Å². The van der Waals surface area contributed by atoms with Crippen molar-refractivity contribution < 1.29 is 9.59 Å². The average Bonchev–Trinajstić information content (AvgIpc) is 3.28. The molecule has 0 spiro atoms. The van der Waals surface area contributed by atoms with Crippen LogP contribution < -0.4 is 22.2 Å². The number of aryl methyl sites for hydroxylation is 2. The SMILES string of the molecule is O=Cc1ccccc1CCn1c(=O)c2cc3c(=O)n(CCc4ccccc4C=O)c(=O)c3cc2c1=O. The maximum atomic E-state index is 13.0. The van der Waals surface area contributed by atoms with Crippen LogP contribution in [0.25, 0.3) is 21.5 Å². The van der Waals surface area contributed by atoms with E-state index in [1.807, 2.05) is 0 Å². The summed E-state index contributed by atoms with van der Waals surface area (Å²) in [5.74, 6) is 0. The first-order valence-electron chi connectivity index (χ1n) is 11.4. The first-order chi connectivity index (χ1) is 17.4. The van der Waals surface area contributed by atoms with Crippen molar-refractivity contribution in [1.82, 2.24) is 9.13 Å². The second-order valence-electron chi connectivity index (χ2n) is 8.60. The Morgan fingerprint density at radius 2 is 0.861 bits per heavy atom. The highest BCUT2D eigenvalue weighted by Gasteiger charge is 2.19. The van der Waals surface area contributed by atoms with E-state index >= 15 is 0 Å². The number of aromatic nitrogens is 2. The number of benzene rings is 3. The van der Waals surface area contributed by atoms with Crippen LogP contribution >= 0.6 is 0 Å². The van der Waals surface area contributed by atoms with E-state index in [-0.39, 0.29) is 34.6 Å². The Bertz CT molecular complexity index is 1660. The Morgan fingerprint density at radius 3 is 1.19 bits per heavy atom. The molecular formula is C28H20N2O6. The predicted molar refractivity (Wildman–Crippen MR) is 136 cm³/mol. The van der Waals surface area contributed by atoms with E-state index in [1.54, 1.807) is 48.5 Å². The predicted octanol–water partition coefficient (Wildman–Crippen LogP) is 2.02. The van der Waals surface area contributed by atoms with Gasteiger partial charge in [-0.3, -0.25) is 37.9 Å². The lowest BCUT2D eigenvalue weighted by Gasteiger charge is -2.04. The molecule has 0 saturated heterocycles. The topological polar surface area (TPSA) is 112 Å². The number of fused-ring (bicyclic) bond motifs is 2. The van der Waals surface area contributed by atoms with Gasteiger partial charge in [0.05, 0.1) is 21.5 Å². The Balaban J connectivity index is 1.52. The zero-order valence-corrected chi connectivity index (χ0v) is 19.1. The maximum Gasteiger partial charge on any atom is 0.261 e. The van der Waals surface area contributed by atoms with Crippen molar-refractivity contribution in [1.29, 1.82) is 0 Å². The van der Waals surface area contributed by atoms with Gasteiger partial charge in [0.15, 0.2) is 0 Å². The summed E-state index contributed by atoms with van der Waals surface area (Å²) in [5.41, 5.74) is 0.229. The lowest BCUT2D eigenvalue weighted by Crippen LogP contribution is -2.27. The lowest BCUT2D eigenvalue weighted by molar-refractivity contribution is 0.111. The van der Waals surface area contributed by atoms with Crippen LogP contribution in [0.5, 0.6) is 0 Å². The molecule has 0 fully saturated rings. The summed E-state index contributed by atoms with van der Waals surface area (Å²) in [7, 11) is 0. The number of aldehydes is 2. The van der Waals surface area contributed by atoms with Gasteiger partial charge in [0.25, 0.3) is 22.2 Å². The van der Waals surface area contributed by atoms with E-state index in [1.165, 1.54) is 12.1 Å². The van der Waals surface area contributed by atoms with Crippen LogP contribution in [0, 0.1) is 0 Å². The van der Waals surface area contributed by atoms with E-state index in [4.69, 9.17) is 0 Å². The van der Waals surface area contributed by atoms with Crippen LogP contribution in [0.2, 0.25) is 0 Å². The van der Waals surface area contributed by atoms with Crippen molar-refractivity contribution in [2.24, 2.45) is 0 Å². The summed E-state index contributed by atoms with van der Waals surface area (Å²) in [6.45, 7) is 0.123. The zero-order chi connectivity index (χ0) is 25.4. The van der Waals surface area contributed by atoms with Crippen LogP contribution in [0.4, 0.5) is 0 Å². The molecule has 0 N–H and O–H groups in total. The molecule has 0 radical (unpaired) electrons. The Labute approximate surface area is 203 Å². The van der Waals surface area contributed by atoms with Gasteiger partial charge in [-0.2, -0.15) is 0 Å². The Morgan fingerprint density at radius 1 is 0.528 bits per heavy atom. The van der Waals surface area contributed by atoms with E-state index < -0.39 is 22.2 Å². The summed E-state index contributed by atoms with van der Waals surface area (Å²) in [4.78, 5) is 74.6.